The van der Waals surface area contributed by atoms with Gasteiger partial charge in [0.2, 0.25) is 5.91 Å². The summed E-state index contributed by atoms with van der Waals surface area (Å²) in [5.41, 5.74) is 0. The molecule has 0 rings (SSSR count). The number of aliphatic hydroxyl groups is 2. The standard InChI is InChI=1S/C14H26N2O5/c1-2-3-4-5-6-7-12(18)15-8-9-16(10-14(20)21)13(19)11-17/h2,13,17,19H,1,3-11H2,(H,15,18)(H,20,21). The van der Waals surface area contributed by atoms with Crippen molar-refractivity contribution in [1.82, 2.24) is 10.2 Å². The van der Waals surface area contributed by atoms with Crippen LogP contribution >= 0.6 is 0 Å². The van der Waals surface area contributed by atoms with E-state index in [-0.39, 0.29) is 25.5 Å². The van der Waals surface area contributed by atoms with Crippen LogP contribution in [0.15, 0.2) is 12.7 Å². The van der Waals surface area contributed by atoms with Gasteiger partial charge < -0.3 is 20.6 Å². The van der Waals surface area contributed by atoms with Crippen molar-refractivity contribution in [1.29, 1.82) is 0 Å². The molecule has 0 aromatic heterocycles. The van der Waals surface area contributed by atoms with Gasteiger partial charge in [-0.3, -0.25) is 14.5 Å². The number of nitrogens with one attached hydrogen (secondary N) is 1. The number of nitrogens with zero attached hydrogens (tertiary/aromatic N) is 1. The van der Waals surface area contributed by atoms with E-state index in [2.05, 4.69) is 11.9 Å². The number of carboxylic acid groups (broad SMARTS) is 1. The number of unbranched alkanes of at least 4 members (excludes halogenated alkanes) is 3. The highest BCUT2D eigenvalue weighted by Gasteiger charge is 2.17. The number of allylic oxidation sites excluding steroid dienone is 1. The van der Waals surface area contributed by atoms with Gasteiger partial charge in [-0.1, -0.05) is 12.5 Å². The van der Waals surface area contributed by atoms with Gasteiger partial charge in [0.15, 0.2) is 0 Å². The summed E-state index contributed by atoms with van der Waals surface area (Å²) < 4.78 is 0. The molecule has 0 aliphatic rings. The Bertz CT molecular complexity index is 322. The predicted octanol–water partition coefficient (Wildman–Crippen LogP) is -0.0636. The van der Waals surface area contributed by atoms with Gasteiger partial charge >= 0.3 is 5.97 Å². The van der Waals surface area contributed by atoms with E-state index in [9.17, 15) is 14.7 Å². The van der Waals surface area contributed by atoms with Crippen LogP contribution < -0.4 is 5.32 Å². The molecule has 1 atom stereocenters. The number of aliphatic carboxylic acids is 1. The second kappa shape index (κ2) is 12.3. The number of amides is 1. The van der Waals surface area contributed by atoms with E-state index in [1.165, 1.54) is 4.90 Å². The Hall–Kier alpha value is -1.44. The average molecular weight is 302 g/mol. The van der Waals surface area contributed by atoms with Gasteiger partial charge in [-0.25, -0.2) is 0 Å². The van der Waals surface area contributed by atoms with Crippen molar-refractivity contribution in [3.8, 4) is 0 Å². The third-order valence-corrected chi connectivity index (χ3v) is 2.96. The fourth-order valence-corrected chi connectivity index (χ4v) is 1.80. The summed E-state index contributed by atoms with van der Waals surface area (Å²) in [5.74, 6) is -1.20. The summed E-state index contributed by atoms with van der Waals surface area (Å²) in [6.45, 7) is 3.08. The highest BCUT2D eigenvalue weighted by Crippen LogP contribution is 2.03. The minimum absolute atomic E-state index is 0.0950. The number of aliphatic hydroxyl groups excluding tert-OH is 2. The summed E-state index contributed by atoms with van der Waals surface area (Å²) in [6.07, 6.45) is 4.78. The molecule has 0 saturated heterocycles. The second-order valence-corrected chi connectivity index (χ2v) is 4.77. The summed E-state index contributed by atoms with van der Waals surface area (Å²) in [7, 11) is 0. The summed E-state index contributed by atoms with van der Waals surface area (Å²) in [5, 5.41) is 29.6. The van der Waals surface area contributed by atoms with Crippen LogP contribution in [-0.4, -0.2) is 64.6 Å². The minimum atomic E-state index is -1.24. The summed E-state index contributed by atoms with van der Waals surface area (Å²) >= 11 is 0. The zero-order valence-corrected chi connectivity index (χ0v) is 12.3. The van der Waals surface area contributed by atoms with Crippen molar-refractivity contribution < 1.29 is 24.9 Å². The molecule has 0 spiro atoms. The van der Waals surface area contributed by atoms with Crippen LogP contribution in [-0.2, 0) is 9.59 Å². The SMILES string of the molecule is C=CCCCCCC(=O)NCCN(CC(=O)O)C(O)CO. The largest absolute Gasteiger partial charge is 0.480 e. The van der Waals surface area contributed by atoms with Crippen molar-refractivity contribution >= 4 is 11.9 Å². The lowest BCUT2D eigenvalue weighted by Crippen LogP contribution is -2.45. The van der Waals surface area contributed by atoms with E-state index in [0.29, 0.717) is 6.42 Å². The molecule has 0 fully saturated rings. The molecule has 21 heavy (non-hydrogen) atoms. The van der Waals surface area contributed by atoms with Crippen molar-refractivity contribution in [2.24, 2.45) is 0 Å². The molecule has 0 aromatic carbocycles. The van der Waals surface area contributed by atoms with Gasteiger partial charge in [-0.05, 0) is 19.3 Å². The van der Waals surface area contributed by atoms with E-state index in [1.54, 1.807) is 0 Å². The number of hydrogen-bond donors (Lipinski definition) is 4. The first kappa shape index (κ1) is 19.6. The van der Waals surface area contributed by atoms with Crippen molar-refractivity contribution in [3.63, 3.8) is 0 Å². The molecular weight excluding hydrogens is 276 g/mol. The van der Waals surface area contributed by atoms with Gasteiger partial charge in [0, 0.05) is 19.5 Å². The third kappa shape index (κ3) is 10.9. The Morgan fingerprint density at radius 1 is 1.29 bits per heavy atom. The molecule has 1 amide bonds. The van der Waals surface area contributed by atoms with E-state index in [4.69, 9.17) is 10.2 Å². The molecule has 122 valence electrons. The lowest BCUT2D eigenvalue weighted by molar-refractivity contribution is -0.142. The van der Waals surface area contributed by atoms with Crippen molar-refractivity contribution in [2.75, 3.05) is 26.2 Å². The Morgan fingerprint density at radius 3 is 2.57 bits per heavy atom. The Balaban J connectivity index is 3.83. The quantitative estimate of drug-likeness (QED) is 0.215. The monoisotopic (exact) mass is 302 g/mol. The van der Waals surface area contributed by atoms with Gasteiger partial charge in [-0.15, -0.1) is 6.58 Å². The van der Waals surface area contributed by atoms with Crippen molar-refractivity contribution in [3.05, 3.63) is 12.7 Å². The molecule has 0 heterocycles. The van der Waals surface area contributed by atoms with E-state index in [0.717, 1.165) is 25.7 Å². The first-order chi connectivity index (χ1) is 10.0. The Morgan fingerprint density at radius 2 is 2.00 bits per heavy atom. The highest BCUT2D eigenvalue weighted by molar-refractivity contribution is 5.75. The topological polar surface area (TPSA) is 110 Å². The number of hydrogen-bond acceptors (Lipinski definition) is 5. The van der Waals surface area contributed by atoms with Crippen LogP contribution in [0.4, 0.5) is 0 Å². The molecular formula is C14H26N2O5. The molecule has 4 N–H and O–H groups in total. The van der Waals surface area contributed by atoms with E-state index < -0.39 is 18.8 Å². The van der Waals surface area contributed by atoms with Crippen LogP contribution in [0, 0.1) is 0 Å². The number of carbonyl (C=O) groups is 2. The van der Waals surface area contributed by atoms with Crippen LogP contribution in [0.1, 0.15) is 32.1 Å². The van der Waals surface area contributed by atoms with Crippen LogP contribution in [0.2, 0.25) is 0 Å². The maximum atomic E-state index is 11.5. The predicted molar refractivity (Wildman–Crippen MR) is 78.6 cm³/mol. The number of rotatable bonds is 13. The van der Waals surface area contributed by atoms with Gasteiger partial charge in [0.05, 0.1) is 13.2 Å². The zero-order valence-electron chi connectivity index (χ0n) is 12.3. The lowest BCUT2D eigenvalue weighted by atomic mass is 10.1. The Labute approximate surface area is 125 Å². The van der Waals surface area contributed by atoms with Crippen LogP contribution in [0.25, 0.3) is 0 Å². The van der Waals surface area contributed by atoms with Gasteiger partial charge in [-0.2, -0.15) is 0 Å². The van der Waals surface area contributed by atoms with Gasteiger partial charge in [0.1, 0.15) is 6.23 Å². The highest BCUT2D eigenvalue weighted by atomic mass is 16.4. The molecule has 7 heteroatoms. The second-order valence-electron chi connectivity index (χ2n) is 4.77. The molecule has 7 nitrogen and oxygen atoms in total. The van der Waals surface area contributed by atoms with Crippen LogP contribution in [0.5, 0.6) is 0 Å². The Kier molecular flexibility index (Phi) is 11.5. The summed E-state index contributed by atoms with van der Waals surface area (Å²) in [6, 6.07) is 0. The van der Waals surface area contributed by atoms with Crippen molar-refractivity contribution in [2.45, 2.75) is 38.3 Å². The lowest BCUT2D eigenvalue weighted by Gasteiger charge is -2.24. The molecule has 0 saturated carbocycles. The number of carbonyl (C=O) groups excluding carboxylic acids is 1. The first-order valence-corrected chi connectivity index (χ1v) is 7.13. The number of carboxylic acids is 1. The molecule has 0 aromatic rings. The first-order valence-electron chi connectivity index (χ1n) is 7.13. The minimum Gasteiger partial charge on any atom is -0.480 e. The molecule has 0 radical (unpaired) electrons. The molecule has 0 bridgehead atoms. The zero-order chi connectivity index (χ0) is 16.1. The van der Waals surface area contributed by atoms with Gasteiger partial charge in [0.25, 0.3) is 0 Å². The van der Waals surface area contributed by atoms with E-state index >= 15 is 0 Å². The third-order valence-electron chi connectivity index (χ3n) is 2.96. The van der Waals surface area contributed by atoms with E-state index in [1.807, 2.05) is 6.08 Å². The molecule has 0 aliphatic carbocycles. The normalized spacial score (nSPS) is 12.1. The summed E-state index contributed by atoms with van der Waals surface area (Å²) in [4.78, 5) is 23.4. The molecule has 1 unspecified atom stereocenters. The smallest absolute Gasteiger partial charge is 0.317 e. The average Bonchev–Trinajstić information content (AvgIpc) is 2.44. The fourth-order valence-electron chi connectivity index (χ4n) is 1.80. The fraction of sp³-hybridized carbons (Fsp3) is 0.714. The molecule has 0 aliphatic heterocycles. The van der Waals surface area contributed by atoms with Crippen LogP contribution in [0.3, 0.4) is 0 Å². The maximum Gasteiger partial charge on any atom is 0.317 e. The maximum absolute atomic E-state index is 11.5.